The van der Waals surface area contributed by atoms with Gasteiger partial charge >= 0.3 is 6.18 Å². The van der Waals surface area contributed by atoms with E-state index >= 15 is 0 Å². The molecule has 1 aliphatic heterocycles. The second-order valence-corrected chi connectivity index (χ2v) is 20.3. The summed E-state index contributed by atoms with van der Waals surface area (Å²) in [4.78, 5) is 26.0. The number of aliphatic hydroxyl groups is 4. The fraction of sp³-hybridized carbons (Fsp3) is 0.492. The molecule has 20 heteroatoms. The highest BCUT2D eigenvalue weighted by Crippen LogP contribution is 2.43. The highest BCUT2D eigenvalue weighted by molar-refractivity contribution is 5.43. The maximum atomic E-state index is 13.0. The Balaban J connectivity index is 0.000000323. The Kier molecular flexibility index (Phi) is 24.8. The zero-order valence-electron chi connectivity index (χ0n) is 45.4. The van der Waals surface area contributed by atoms with Crippen molar-refractivity contribution in [1.29, 1.82) is 0 Å². The fourth-order valence-electron chi connectivity index (χ4n) is 7.67. The van der Waals surface area contributed by atoms with E-state index in [4.69, 9.17) is 4.74 Å². The smallest absolute Gasteiger partial charge is 0.384 e. The molecule has 3 fully saturated rings. The van der Waals surface area contributed by atoms with E-state index in [1.165, 1.54) is 38.5 Å². The van der Waals surface area contributed by atoms with Crippen molar-refractivity contribution < 1.29 is 60.3 Å². The first-order valence-electron chi connectivity index (χ1n) is 24.9. The second-order valence-electron chi connectivity index (χ2n) is 20.3. The van der Waals surface area contributed by atoms with E-state index in [2.05, 4.69) is 42.0 Å². The standard InChI is InChI=1S/C11H15NO.C10H13NO.C9H10F3NO.C9H10F2N2.C9H11F2NO.C9H12FNO.2CH4/c1-9-5-3-6-10(12-9)11(13-2)7-4-8-11;1-8-4-2-5-9(11-8)10(12)6-3-7-10;1-6-4-3-5-7(13-6)8(2,14)9(10,11)12;1-7-3-2-4-8(12-7)13-5-9(10,11)6-13;1-6-4-3-5-7(12-6)9(2,13)8(10)11;1-6-4-5-7(10)8(11-6)9(2,3)12;;/h3,5-6H,4,7-8H2,1-2H3;2,4-5,12H,3,6-7H2,1H3;3-5,14H,1-2H3;2-4H,5-6H2,1H3;3-5,8,13H,1-2H3;4-5,12H,1-3H3;2*1H4. The van der Waals surface area contributed by atoms with Crippen LogP contribution >= 0.6 is 0 Å². The molecular formula is C59H79F8N7O5. The Morgan fingerprint density at radius 3 is 1.35 bits per heavy atom. The normalized spacial score (nSPS) is 16.8. The van der Waals surface area contributed by atoms with Crippen molar-refractivity contribution in [3.8, 4) is 0 Å². The summed E-state index contributed by atoms with van der Waals surface area (Å²) < 4.78 is 105. The Morgan fingerprint density at radius 1 is 0.557 bits per heavy atom. The van der Waals surface area contributed by atoms with E-state index in [1.807, 2.05) is 57.2 Å². The van der Waals surface area contributed by atoms with Crippen molar-refractivity contribution in [2.75, 3.05) is 25.1 Å². The number of methoxy groups -OCH3 is 1. The van der Waals surface area contributed by atoms with Crippen LogP contribution in [-0.2, 0) is 32.7 Å². The quantitative estimate of drug-likeness (QED) is 0.107. The highest BCUT2D eigenvalue weighted by atomic mass is 19.4. The number of anilines is 1. The van der Waals surface area contributed by atoms with Crippen LogP contribution < -0.4 is 4.90 Å². The molecule has 2 atom stereocenters. The summed E-state index contributed by atoms with van der Waals surface area (Å²) in [5.74, 6) is -2.34. The average Bonchev–Trinajstić information content (AvgIpc) is 3.31. The molecule has 9 rings (SSSR count). The van der Waals surface area contributed by atoms with Crippen molar-refractivity contribution in [3.05, 3.63) is 172 Å². The number of halogens is 8. The van der Waals surface area contributed by atoms with Gasteiger partial charge in [0.05, 0.1) is 35.9 Å². The number of ether oxygens (including phenoxy) is 1. The molecule has 3 aliphatic rings. The Bertz CT molecular complexity index is 2780. The van der Waals surface area contributed by atoms with Crippen LogP contribution in [0.4, 0.5) is 40.9 Å². The van der Waals surface area contributed by atoms with Crippen molar-refractivity contribution in [3.63, 3.8) is 0 Å². The van der Waals surface area contributed by atoms with Crippen LogP contribution in [0.25, 0.3) is 0 Å². The van der Waals surface area contributed by atoms with E-state index in [0.29, 0.717) is 29.8 Å². The lowest BCUT2D eigenvalue weighted by atomic mass is 9.77. The first kappa shape index (κ1) is 69.0. The Hall–Kier alpha value is -6.06. The van der Waals surface area contributed by atoms with Gasteiger partial charge in [-0.3, -0.25) is 24.9 Å². The second kappa shape index (κ2) is 28.4. The summed E-state index contributed by atoms with van der Waals surface area (Å²) in [6.45, 7) is 15.2. The van der Waals surface area contributed by atoms with Crippen LogP contribution in [0.15, 0.2) is 103 Å². The Labute approximate surface area is 460 Å². The molecule has 0 aromatic carbocycles. The molecule has 6 aromatic heterocycles. The van der Waals surface area contributed by atoms with E-state index in [0.717, 1.165) is 73.6 Å². The zero-order chi connectivity index (χ0) is 57.8. The van der Waals surface area contributed by atoms with E-state index in [1.54, 1.807) is 63.1 Å². The topological polar surface area (TPSA) is 171 Å². The number of hydrogen-bond acceptors (Lipinski definition) is 12. The maximum Gasteiger partial charge on any atom is 0.422 e. The molecule has 2 saturated carbocycles. The van der Waals surface area contributed by atoms with Gasteiger partial charge < -0.3 is 30.1 Å². The molecule has 1 saturated heterocycles. The van der Waals surface area contributed by atoms with Crippen molar-refractivity contribution in [1.82, 2.24) is 29.9 Å². The van der Waals surface area contributed by atoms with E-state index in [9.17, 15) is 55.5 Å². The zero-order valence-corrected chi connectivity index (χ0v) is 45.4. The lowest BCUT2D eigenvalue weighted by Gasteiger charge is -2.39. The average molecular weight is 1120 g/mol. The van der Waals surface area contributed by atoms with Gasteiger partial charge in [-0.2, -0.15) is 13.2 Å². The molecule has 4 N–H and O–H groups in total. The molecule has 12 nitrogen and oxygen atoms in total. The third-order valence-electron chi connectivity index (χ3n) is 12.8. The fourth-order valence-corrected chi connectivity index (χ4v) is 7.67. The molecule has 2 unspecified atom stereocenters. The molecule has 0 bridgehead atoms. The van der Waals surface area contributed by atoms with Gasteiger partial charge in [0, 0.05) is 41.3 Å². The van der Waals surface area contributed by atoms with E-state index < -0.39 is 46.7 Å². The molecule has 436 valence electrons. The van der Waals surface area contributed by atoms with Crippen LogP contribution in [0.5, 0.6) is 0 Å². The number of rotatable bonds is 8. The SMILES string of the molecule is C.C.COC1(c2cccc(C)n2)CCC1.Cc1ccc(F)c(C(C)(C)O)n1.Cc1cccc(C(C)(O)C(F)(F)F)n1.Cc1cccc(C(C)(O)C(F)F)n1.Cc1cccc(C2(O)CCC2)n1.Cc1cccc(N2CC(F)(F)C2)n1. The van der Waals surface area contributed by atoms with E-state index in [-0.39, 0.29) is 50.6 Å². The summed E-state index contributed by atoms with van der Waals surface area (Å²) in [7, 11) is 1.78. The third-order valence-corrected chi connectivity index (χ3v) is 12.8. The van der Waals surface area contributed by atoms with Gasteiger partial charge in [-0.1, -0.05) is 45.2 Å². The molecular weight excluding hydrogens is 1040 g/mol. The minimum Gasteiger partial charge on any atom is -0.384 e. The minimum absolute atomic E-state index is 0. The third kappa shape index (κ3) is 19.3. The van der Waals surface area contributed by atoms with Gasteiger partial charge in [-0.25, -0.2) is 26.9 Å². The van der Waals surface area contributed by atoms with Crippen molar-refractivity contribution in [2.24, 2.45) is 0 Å². The van der Waals surface area contributed by atoms with Gasteiger partial charge in [0.1, 0.15) is 34.1 Å². The number of aryl methyl sites for hydroxylation is 6. The maximum absolute atomic E-state index is 13.0. The first-order chi connectivity index (χ1) is 35.6. The van der Waals surface area contributed by atoms with Crippen LogP contribution in [0.1, 0.15) is 144 Å². The molecule has 2 aliphatic carbocycles. The molecule has 79 heavy (non-hydrogen) atoms. The number of alkyl halides is 7. The summed E-state index contributed by atoms with van der Waals surface area (Å²) >= 11 is 0. The lowest BCUT2D eigenvalue weighted by molar-refractivity contribution is -0.260. The molecule has 0 amide bonds. The summed E-state index contributed by atoms with van der Waals surface area (Å²) in [5.41, 5.74) is -0.621. The summed E-state index contributed by atoms with van der Waals surface area (Å²) in [5, 5.41) is 38.1. The van der Waals surface area contributed by atoms with Gasteiger partial charge in [-0.05, 0) is 181 Å². The predicted octanol–water partition coefficient (Wildman–Crippen LogP) is 13.1. The minimum atomic E-state index is -4.71. The van der Waals surface area contributed by atoms with Crippen molar-refractivity contribution >= 4 is 5.82 Å². The van der Waals surface area contributed by atoms with Gasteiger partial charge in [0.25, 0.3) is 12.3 Å². The van der Waals surface area contributed by atoms with Crippen molar-refractivity contribution in [2.45, 2.75) is 169 Å². The van der Waals surface area contributed by atoms with Gasteiger partial charge in [0.15, 0.2) is 11.2 Å². The van der Waals surface area contributed by atoms with Gasteiger partial charge in [-0.15, -0.1) is 0 Å². The predicted molar refractivity (Wildman–Crippen MR) is 291 cm³/mol. The number of nitrogens with zero attached hydrogens (tertiary/aromatic N) is 7. The number of pyridine rings is 6. The van der Waals surface area contributed by atoms with Crippen LogP contribution in [-0.4, -0.2) is 89.1 Å². The summed E-state index contributed by atoms with van der Waals surface area (Å²) in [6, 6.07) is 29.1. The Morgan fingerprint density at radius 2 is 0.975 bits per heavy atom. The molecule has 0 radical (unpaired) electrons. The molecule has 6 aromatic rings. The number of hydrogen-bond donors (Lipinski definition) is 4. The van der Waals surface area contributed by atoms with Crippen LogP contribution in [0.2, 0.25) is 0 Å². The van der Waals surface area contributed by atoms with Gasteiger partial charge in [0.2, 0.25) is 0 Å². The lowest BCUT2D eigenvalue weighted by Crippen LogP contribution is -2.56. The monoisotopic (exact) mass is 1120 g/mol. The highest BCUT2D eigenvalue weighted by Gasteiger charge is 2.52. The van der Waals surface area contributed by atoms with Crippen LogP contribution in [0.3, 0.4) is 0 Å². The molecule has 0 spiro atoms. The summed E-state index contributed by atoms with van der Waals surface area (Å²) in [6.07, 6.45) is -1.22. The largest absolute Gasteiger partial charge is 0.422 e. The number of aromatic nitrogens is 6. The first-order valence-corrected chi connectivity index (χ1v) is 24.9. The molecule has 7 heterocycles. The van der Waals surface area contributed by atoms with Crippen LogP contribution in [0, 0.1) is 47.4 Å².